The number of carbonyl (C=O) groups is 1. The molecule has 1 amide bonds. The lowest BCUT2D eigenvalue weighted by Crippen LogP contribution is -2.27. The third kappa shape index (κ3) is 1.86. The average molecular weight is 318 g/mol. The summed E-state index contributed by atoms with van der Waals surface area (Å²) in [5.74, 6) is 0.507. The Labute approximate surface area is 138 Å². The highest BCUT2D eigenvalue weighted by atomic mass is 16.6. The highest BCUT2D eigenvalue weighted by molar-refractivity contribution is 5.90. The number of hydrogen-bond donors (Lipinski definition) is 0. The largest absolute Gasteiger partial charge is 0.443 e. The van der Waals surface area contributed by atoms with E-state index in [4.69, 9.17) is 4.74 Å². The predicted molar refractivity (Wildman–Crippen MR) is 87.0 cm³/mol. The van der Waals surface area contributed by atoms with E-state index in [0.29, 0.717) is 5.82 Å². The number of anilines is 1. The van der Waals surface area contributed by atoms with Crippen LogP contribution in [0.3, 0.4) is 0 Å². The molecule has 2 heterocycles. The summed E-state index contributed by atoms with van der Waals surface area (Å²) in [6, 6.07) is 17.7. The van der Waals surface area contributed by atoms with Crippen molar-refractivity contribution in [2.24, 2.45) is 0 Å². The average Bonchev–Trinajstić information content (AvgIpc) is 3.29. The standard InChI is InChI=1S/C18H14N4O2/c23-18-22(16-11-21(20-19-16)13-7-2-1-3-8-13)17-14-9-5-4-6-12(14)10-15(17)24-18/h1-9,11,15,17H,10H2/t15-,17+/m1/s1. The van der Waals surface area contributed by atoms with Gasteiger partial charge in [0, 0.05) is 6.42 Å². The van der Waals surface area contributed by atoms with Gasteiger partial charge < -0.3 is 4.74 Å². The molecular formula is C18H14N4O2. The van der Waals surface area contributed by atoms with Crippen LogP contribution >= 0.6 is 0 Å². The van der Waals surface area contributed by atoms with E-state index in [1.54, 1.807) is 15.8 Å². The summed E-state index contributed by atoms with van der Waals surface area (Å²) in [6.45, 7) is 0. The van der Waals surface area contributed by atoms with Crippen LogP contribution in [0.5, 0.6) is 0 Å². The number of carbonyl (C=O) groups excluding carboxylic acids is 1. The summed E-state index contributed by atoms with van der Waals surface area (Å²) in [5.41, 5.74) is 3.25. The van der Waals surface area contributed by atoms with Gasteiger partial charge in [-0.15, -0.1) is 5.10 Å². The Morgan fingerprint density at radius 2 is 1.83 bits per heavy atom. The molecule has 24 heavy (non-hydrogen) atoms. The van der Waals surface area contributed by atoms with Crippen molar-refractivity contribution in [2.75, 3.05) is 4.90 Å². The Bertz CT molecular complexity index is 922. The normalized spacial score (nSPS) is 21.5. The minimum atomic E-state index is -0.361. The first kappa shape index (κ1) is 13.3. The molecule has 1 fully saturated rings. The Balaban J connectivity index is 1.55. The maximum absolute atomic E-state index is 12.4. The van der Waals surface area contributed by atoms with Gasteiger partial charge in [0.05, 0.1) is 11.9 Å². The van der Waals surface area contributed by atoms with Crippen molar-refractivity contribution in [3.8, 4) is 5.69 Å². The smallest absolute Gasteiger partial charge is 0.416 e. The fourth-order valence-electron chi connectivity index (χ4n) is 3.56. The van der Waals surface area contributed by atoms with Gasteiger partial charge in [0.2, 0.25) is 0 Å². The van der Waals surface area contributed by atoms with Gasteiger partial charge in [-0.25, -0.2) is 14.4 Å². The van der Waals surface area contributed by atoms with Crippen LogP contribution in [0.1, 0.15) is 17.2 Å². The highest BCUT2D eigenvalue weighted by Crippen LogP contribution is 2.44. The molecule has 0 bridgehead atoms. The van der Waals surface area contributed by atoms with Gasteiger partial charge in [-0.2, -0.15) is 0 Å². The van der Waals surface area contributed by atoms with Crippen molar-refractivity contribution >= 4 is 11.9 Å². The molecular weight excluding hydrogens is 304 g/mol. The molecule has 6 heteroatoms. The molecule has 6 nitrogen and oxygen atoms in total. The van der Waals surface area contributed by atoms with Crippen molar-refractivity contribution < 1.29 is 9.53 Å². The summed E-state index contributed by atoms with van der Waals surface area (Å²) in [5, 5.41) is 8.35. The number of ether oxygens (including phenoxy) is 1. The first-order chi connectivity index (χ1) is 11.8. The summed E-state index contributed by atoms with van der Waals surface area (Å²) in [6.07, 6.45) is 1.99. The van der Waals surface area contributed by atoms with E-state index in [1.165, 1.54) is 5.56 Å². The first-order valence-electron chi connectivity index (χ1n) is 7.87. The van der Waals surface area contributed by atoms with Crippen LogP contribution in [0.25, 0.3) is 5.69 Å². The first-order valence-corrected chi connectivity index (χ1v) is 7.87. The molecule has 1 aliphatic carbocycles. The van der Waals surface area contributed by atoms with Crippen molar-refractivity contribution in [2.45, 2.75) is 18.6 Å². The third-order valence-corrected chi connectivity index (χ3v) is 4.62. The molecule has 0 spiro atoms. The minimum absolute atomic E-state index is 0.130. The van der Waals surface area contributed by atoms with E-state index in [-0.39, 0.29) is 18.2 Å². The number of amides is 1. The Morgan fingerprint density at radius 1 is 1.04 bits per heavy atom. The van der Waals surface area contributed by atoms with E-state index >= 15 is 0 Å². The van der Waals surface area contributed by atoms with Crippen LogP contribution in [-0.4, -0.2) is 27.2 Å². The number of hydrogen-bond acceptors (Lipinski definition) is 4. The number of fused-ring (bicyclic) bond motifs is 3. The van der Waals surface area contributed by atoms with E-state index in [9.17, 15) is 4.79 Å². The predicted octanol–water partition coefficient (Wildman–Crippen LogP) is 2.89. The van der Waals surface area contributed by atoms with Crippen LogP contribution < -0.4 is 4.90 Å². The number of nitrogens with zero attached hydrogens (tertiary/aromatic N) is 4. The molecule has 1 saturated heterocycles. The molecule has 2 atom stereocenters. The molecule has 118 valence electrons. The van der Waals surface area contributed by atoms with Crippen molar-refractivity contribution in [1.82, 2.24) is 15.0 Å². The quantitative estimate of drug-likeness (QED) is 0.729. The second-order valence-electron chi connectivity index (χ2n) is 6.00. The van der Waals surface area contributed by atoms with Gasteiger partial charge in [0.15, 0.2) is 5.82 Å². The maximum atomic E-state index is 12.4. The second kappa shape index (κ2) is 4.92. The van der Waals surface area contributed by atoms with Crippen molar-refractivity contribution in [1.29, 1.82) is 0 Å². The fourth-order valence-corrected chi connectivity index (χ4v) is 3.56. The molecule has 1 aromatic heterocycles. The molecule has 0 saturated carbocycles. The van der Waals surface area contributed by atoms with Gasteiger partial charge in [0.1, 0.15) is 12.1 Å². The molecule has 0 N–H and O–H groups in total. The lowest BCUT2D eigenvalue weighted by atomic mass is 10.1. The van der Waals surface area contributed by atoms with Gasteiger partial charge in [-0.3, -0.25) is 0 Å². The van der Waals surface area contributed by atoms with Crippen LogP contribution in [0.2, 0.25) is 0 Å². The van der Waals surface area contributed by atoms with Crippen molar-refractivity contribution in [3.05, 3.63) is 71.9 Å². The summed E-state index contributed by atoms with van der Waals surface area (Å²) < 4.78 is 7.22. The number of para-hydroxylation sites is 1. The zero-order valence-electron chi connectivity index (χ0n) is 12.7. The molecule has 0 radical (unpaired) electrons. The topological polar surface area (TPSA) is 60.2 Å². The fraction of sp³-hybridized carbons (Fsp3) is 0.167. The molecule has 1 aliphatic heterocycles. The van der Waals surface area contributed by atoms with E-state index in [0.717, 1.165) is 17.7 Å². The second-order valence-corrected chi connectivity index (χ2v) is 6.00. The van der Waals surface area contributed by atoms with Gasteiger partial charge in [-0.05, 0) is 23.3 Å². The Kier molecular flexibility index (Phi) is 2.73. The monoisotopic (exact) mass is 318 g/mol. The van der Waals surface area contributed by atoms with Gasteiger partial charge in [0.25, 0.3) is 0 Å². The van der Waals surface area contributed by atoms with Gasteiger partial charge in [-0.1, -0.05) is 47.7 Å². The summed E-state index contributed by atoms with van der Waals surface area (Å²) in [4.78, 5) is 14.0. The molecule has 5 rings (SSSR count). The number of rotatable bonds is 2. The summed E-state index contributed by atoms with van der Waals surface area (Å²) >= 11 is 0. The number of benzene rings is 2. The molecule has 2 aliphatic rings. The summed E-state index contributed by atoms with van der Waals surface area (Å²) in [7, 11) is 0. The van der Waals surface area contributed by atoms with E-state index in [2.05, 4.69) is 22.4 Å². The minimum Gasteiger partial charge on any atom is -0.443 e. The zero-order valence-corrected chi connectivity index (χ0v) is 12.7. The SMILES string of the molecule is O=C1O[C@@H]2Cc3ccccc3[C@@H]2N1c1cn(-c2ccccc2)nn1. The Hall–Kier alpha value is -3.15. The van der Waals surface area contributed by atoms with Crippen LogP contribution in [0.15, 0.2) is 60.8 Å². The Morgan fingerprint density at radius 3 is 2.71 bits per heavy atom. The van der Waals surface area contributed by atoms with Crippen molar-refractivity contribution in [3.63, 3.8) is 0 Å². The van der Waals surface area contributed by atoms with E-state index < -0.39 is 0 Å². The van der Waals surface area contributed by atoms with Crippen LogP contribution in [-0.2, 0) is 11.2 Å². The molecule has 0 unspecified atom stereocenters. The molecule has 2 aromatic carbocycles. The lowest BCUT2D eigenvalue weighted by Gasteiger charge is -2.18. The highest BCUT2D eigenvalue weighted by Gasteiger charge is 2.49. The molecule has 3 aromatic rings. The third-order valence-electron chi connectivity index (χ3n) is 4.62. The number of aromatic nitrogens is 3. The van der Waals surface area contributed by atoms with E-state index in [1.807, 2.05) is 42.5 Å². The maximum Gasteiger partial charge on any atom is 0.416 e. The van der Waals surface area contributed by atoms with Gasteiger partial charge >= 0.3 is 6.09 Å². The lowest BCUT2D eigenvalue weighted by molar-refractivity contribution is 0.137. The van der Waals surface area contributed by atoms with Crippen LogP contribution in [0.4, 0.5) is 10.6 Å². The van der Waals surface area contributed by atoms with Crippen LogP contribution in [0, 0.1) is 0 Å². The zero-order chi connectivity index (χ0) is 16.1.